The first-order chi connectivity index (χ1) is 14.4. The molecular weight excluding hydrogens is 399 g/mol. The Morgan fingerprint density at radius 2 is 2.00 bits per heavy atom. The number of rotatable bonds is 8. The molecule has 2 aromatic rings. The molecular formula is C20H24F3N5O2. The molecule has 0 radical (unpaired) electrons. The quantitative estimate of drug-likeness (QED) is 0.702. The standard InChI is InChI=1S/C20H24F3N5O2/c21-10-16-5-8-28(27-16)19-25-15(1-2-17(29)13-11-30-12-13)9-18(26-19)24-14-3-6-20(22,23)7-4-14/h5,8-9,13-14H,1-4,6-7,10-12H2,(H,24,25,26). The van der Waals surface area contributed by atoms with E-state index in [9.17, 15) is 18.0 Å². The van der Waals surface area contributed by atoms with Gasteiger partial charge in [-0.3, -0.25) is 4.79 Å². The first-order valence-corrected chi connectivity index (χ1v) is 10.2. The summed E-state index contributed by atoms with van der Waals surface area (Å²) in [6, 6.07) is 3.15. The smallest absolute Gasteiger partial charge is 0.252 e. The zero-order valence-electron chi connectivity index (χ0n) is 16.5. The second-order valence-corrected chi connectivity index (χ2v) is 7.91. The van der Waals surface area contributed by atoms with Crippen molar-refractivity contribution in [2.45, 2.75) is 57.2 Å². The van der Waals surface area contributed by atoms with Gasteiger partial charge in [0.15, 0.2) is 0 Å². The van der Waals surface area contributed by atoms with Gasteiger partial charge in [-0.25, -0.2) is 22.8 Å². The van der Waals surface area contributed by atoms with Crippen LogP contribution in [0.3, 0.4) is 0 Å². The molecule has 1 aliphatic carbocycles. The van der Waals surface area contributed by atoms with Crippen molar-refractivity contribution in [1.29, 1.82) is 0 Å². The minimum absolute atomic E-state index is 0.0500. The summed E-state index contributed by atoms with van der Waals surface area (Å²) < 4.78 is 46.2. The Morgan fingerprint density at radius 3 is 2.63 bits per heavy atom. The number of aryl methyl sites for hydroxylation is 1. The van der Waals surface area contributed by atoms with E-state index in [1.807, 2.05) is 0 Å². The van der Waals surface area contributed by atoms with Gasteiger partial charge in [-0.15, -0.1) is 0 Å². The Morgan fingerprint density at radius 1 is 1.23 bits per heavy atom. The number of ketones is 1. The van der Waals surface area contributed by atoms with Crippen molar-refractivity contribution in [2.75, 3.05) is 18.5 Å². The van der Waals surface area contributed by atoms with Crippen LogP contribution >= 0.6 is 0 Å². The van der Waals surface area contributed by atoms with Crippen molar-refractivity contribution in [3.63, 3.8) is 0 Å². The SMILES string of the molecule is O=C(CCc1cc(NC2CCC(F)(F)CC2)nc(-n2ccc(CF)n2)n1)C1COC1. The Bertz CT molecular complexity index is 890. The fraction of sp³-hybridized carbons (Fsp3) is 0.600. The zero-order chi connectivity index (χ0) is 21.1. The second kappa shape index (κ2) is 8.71. The molecule has 0 spiro atoms. The molecule has 2 aromatic heterocycles. The molecule has 1 saturated carbocycles. The Labute approximate surface area is 172 Å². The number of anilines is 1. The molecule has 162 valence electrons. The van der Waals surface area contributed by atoms with Crippen LogP contribution in [0.15, 0.2) is 18.3 Å². The van der Waals surface area contributed by atoms with E-state index in [4.69, 9.17) is 4.74 Å². The van der Waals surface area contributed by atoms with Crippen LogP contribution in [0.5, 0.6) is 0 Å². The molecule has 0 aromatic carbocycles. The number of Topliss-reactive ketones (excluding diaryl/α,β-unsaturated/α-hetero) is 1. The molecule has 0 bridgehead atoms. The minimum Gasteiger partial charge on any atom is -0.380 e. The van der Waals surface area contributed by atoms with Crippen LogP contribution in [-0.2, 0) is 22.6 Å². The third kappa shape index (κ3) is 4.97. The number of hydrogen-bond acceptors (Lipinski definition) is 6. The van der Waals surface area contributed by atoms with Crippen LogP contribution in [0.1, 0.15) is 43.5 Å². The van der Waals surface area contributed by atoms with Gasteiger partial charge in [-0.1, -0.05) is 0 Å². The third-order valence-electron chi connectivity index (χ3n) is 5.54. The highest BCUT2D eigenvalue weighted by molar-refractivity contribution is 5.82. The number of nitrogens with one attached hydrogen (secondary N) is 1. The van der Waals surface area contributed by atoms with E-state index in [-0.39, 0.29) is 42.2 Å². The van der Waals surface area contributed by atoms with Crippen LogP contribution < -0.4 is 5.32 Å². The number of ether oxygens (including phenoxy) is 1. The lowest BCUT2D eigenvalue weighted by Crippen LogP contribution is -2.34. The molecule has 0 unspecified atom stereocenters. The molecule has 4 rings (SSSR count). The summed E-state index contributed by atoms with van der Waals surface area (Å²) in [6.07, 6.45) is 2.67. The fourth-order valence-electron chi connectivity index (χ4n) is 3.60. The van der Waals surface area contributed by atoms with Crippen molar-refractivity contribution in [1.82, 2.24) is 19.7 Å². The Hall–Kier alpha value is -2.49. The van der Waals surface area contributed by atoms with E-state index in [1.165, 1.54) is 10.7 Å². The van der Waals surface area contributed by atoms with Gasteiger partial charge in [-0.05, 0) is 25.3 Å². The molecule has 0 amide bonds. The van der Waals surface area contributed by atoms with Crippen molar-refractivity contribution in [3.8, 4) is 5.95 Å². The summed E-state index contributed by atoms with van der Waals surface area (Å²) in [7, 11) is 0. The molecule has 30 heavy (non-hydrogen) atoms. The lowest BCUT2D eigenvalue weighted by atomic mass is 9.92. The maximum Gasteiger partial charge on any atom is 0.252 e. The van der Waals surface area contributed by atoms with Gasteiger partial charge in [0.25, 0.3) is 5.95 Å². The zero-order valence-corrected chi connectivity index (χ0v) is 16.5. The number of aromatic nitrogens is 4. The van der Waals surface area contributed by atoms with Gasteiger partial charge < -0.3 is 10.1 Å². The number of halogens is 3. The van der Waals surface area contributed by atoms with Gasteiger partial charge in [0, 0.05) is 43.3 Å². The van der Waals surface area contributed by atoms with Crippen LogP contribution in [0, 0.1) is 5.92 Å². The van der Waals surface area contributed by atoms with Gasteiger partial charge in [-0.2, -0.15) is 10.1 Å². The van der Waals surface area contributed by atoms with Gasteiger partial charge in [0.1, 0.15) is 18.3 Å². The lowest BCUT2D eigenvalue weighted by molar-refractivity contribution is -0.136. The third-order valence-corrected chi connectivity index (χ3v) is 5.54. The summed E-state index contributed by atoms with van der Waals surface area (Å²) >= 11 is 0. The van der Waals surface area contributed by atoms with Crippen LogP contribution in [-0.4, -0.2) is 50.7 Å². The highest BCUT2D eigenvalue weighted by Gasteiger charge is 2.35. The monoisotopic (exact) mass is 423 g/mol. The molecule has 3 heterocycles. The summed E-state index contributed by atoms with van der Waals surface area (Å²) in [5, 5.41) is 7.32. The molecule has 1 N–H and O–H groups in total. The van der Waals surface area contributed by atoms with Gasteiger partial charge >= 0.3 is 0 Å². The van der Waals surface area contributed by atoms with Crippen molar-refractivity contribution in [2.24, 2.45) is 5.92 Å². The van der Waals surface area contributed by atoms with Gasteiger partial charge in [0.05, 0.1) is 24.8 Å². The van der Waals surface area contributed by atoms with E-state index in [0.29, 0.717) is 50.4 Å². The summed E-state index contributed by atoms with van der Waals surface area (Å²) in [5.41, 5.74) is 0.891. The average molecular weight is 423 g/mol. The number of hydrogen-bond donors (Lipinski definition) is 1. The fourth-order valence-corrected chi connectivity index (χ4v) is 3.60. The Balaban J connectivity index is 1.51. The molecule has 2 fully saturated rings. The van der Waals surface area contributed by atoms with Crippen LogP contribution in [0.2, 0.25) is 0 Å². The highest BCUT2D eigenvalue weighted by atomic mass is 19.3. The topological polar surface area (TPSA) is 81.9 Å². The predicted octanol–water partition coefficient (Wildman–Crippen LogP) is 3.27. The van der Waals surface area contributed by atoms with Crippen LogP contribution in [0.25, 0.3) is 5.95 Å². The number of nitrogens with zero attached hydrogens (tertiary/aromatic N) is 4. The molecule has 2 aliphatic rings. The first kappa shape index (κ1) is 20.8. The van der Waals surface area contributed by atoms with Crippen LogP contribution in [0.4, 0.5) is 19.0 Å². The van der Waals surface area contributed by atoms with Crippen molar-refractivity contribution in [3.05, 3.63) is 29.7 Å². The molecule has 0 atom stereocenters. The van der Waals surface area contributed by atoms with E-state index < -0.39 is 12.6 Å². The second-order valence-electron chi connectivity index (χ2n) is 7.91. The van der Waals surface area contributed by atoms with Crippen molar-refractivity contribution >= 4 is 11.6 Å². The number of alkyl halides is 3. The molecule has 1 saturated heterocycles. The lowest BCUT2D eigenvalue weighted by Gasteiger charge is -2.29. The first-order valence-electron chi connectivity index (χ1n) is 10.2. The van der Waals surface area contributed by atoms with E-state index in [1.54, 1.807) is 12.3 Å². The molecule has 7 nitrogen and oxygen atoms in total. The van der Waals surface area contributed by atoms with E-state index >= 15 is 0 Å². The maximum atomic E-state index is 13.4. The molecule has 10 heteroatoms. The van der Waals surface area contributed by atoms with E-state index in [2.05, 4.69) is 20.4 Å². The molecule has 1 aliphatic heterocycles. The number of carbonyl (C=O) groups excluding carboxylic acids is 1. The minimum atomic E-state index is -2.61. The normalized spacial score (nSPS) is 19.4. The average Bonchev–Trinajstić information content (AvgIpc) is 3.16. The summed E-state index contributed by atoms with van der Waals surface area (Å²) in [4.78, 5) is 21.1. The highest BCUT2D eigenvalue weighted by Crippen LogP contribution is 2.34. The number of carbonyl (C=O) groups is 1. The Kier molecular flexibility index (Phi) is 6.03. The van der Waals surface area contributed by atoms with Gasteiger partial charge in [0.2, 0.25) is 5.92 Å². The van der Waals surface area contributed by atoms with E-state index in [0.717, 1.165) is 0 Å². The maximum absolute atomic E-state index is 13.4. The predicted molar refractivity (Wildman–Crippen MR) is 102 cm³/mol. The van der Waals surface area contributed by atoms with Crippen molar-refractivity contribution < 1.29 is 22.7 Å². The summed E-state index contributed by atoms with van der Waals surface area (Å²) in [6.45, 7) is 0.227. The summed E-state index contributed by atoms with van der Waals surface area (Å²) in [5.74, 6) is -1.80. The largest absolute Gasteiger partial charge is 0.380 e.